The monoisotopic (exact) mass is 738 g/mol. The molecule has 11 heteroatoms. The lowest BCUT2D eigenvalue weighted by Crippen LogP contribution is -2.81. The zero-order chi connectivity index (χ0) is 37.0. The molecule has 0 amide bonds. The Morgan fingerprint density at radius 3 is 1.89 bits per heavy atom. The normalized spacial score (nSPS) is 33.1. The molecule has 0 unspecified atom stereocenters. The minimum atomic E-state index is -2.57. The maximum absolute atomic E-state index is 13.6. The topological polar surface area (TPSA) is 131 Å². The summed E-state index contributed by atoms with van der Waals surface area (Å²) in [5.41, 5.74) is 3.13. The van der Waals surface area contributed by atoms with Crippen LogP contribution in [0.4, 0.5) is 0 Å². The SMILES string of the molecule is O=C(O[C@@H]1[C@H]2OCCC[C@@H]2O[C@]2(O)C[C@@H]3O[C@H](COCc4ccccc4)[C@@H](OCc4ccccc4)[C@H](OCc4ccccc4)[C@H]3O[C@@]12O)c1ccccc1. The Balaban J connectivity index is 1.13. The second kappa shape index (κ2) is 16.4. The number of esters is 1. The van der Waals surface area contributed by atoms with Gasteiger partial charge in [0.05, 0.1) is 44.2 Å². The molecule has 0 aliphatic carbocycles. The van der Waals surface area contributed by atoms with Crippen molar-refractivity contribution in [1.29, 1.82) is 0 Å². The lowest BCUT2D eigenvalue weighted by molar-refractivity contribution is -0.503. The summed E-state index contributed by atoms with van der Waals surface area (Å²) >= 11 is 0. The Hall–Kier alpha value is -4.01. The van der Waals surface area contributed by atoms with E-state index in [1.807, 2.05) is 91.0 Å². The van der Waals surface area contributed by atoms with Crippen molar-refractivity contribution in [1.82, 2.24) is 0 Å². The summed E-state index contributed by atoms with van der Waals surface area (Å²) in [5, 5.41) is 25.1. The van der Waals surface area contributed by atoms with E-state index in [4.69, 9.17) is 37.9 Å². The Labute approximate surface area is 314 Å². The van der Waals surface area contributed by atoms with Gasteiger partial charge < -0.3 is 48.1 Å². The molecule has 2 N–H and O–H groups in total. The number of fused-ring (bicyclic) bond motifs is 3. The molecule has 4 fully saturated rings. The largest absolute Gasteiger partial charge is 0.450 e. The third-order valence-corrected chi connectivity index (χ3v) is 10.6. The molecular formula is C43H46O11. The Morgan fingerprint density at radius 2 is 1.26 bits per heavy atom. The minimum absolute atomic E-state index is 0.141. The highest BCUT2D eigenvalue weighted by Gasteiger charge is 2.73. The lowest BCUT2D eigenvalue weighted by atomic mass is 9.78. The Kier molecular flexibility index (Phi) is 11.2. The van der Waals surface area contributed by atoms with Crippen LogP contribution in [0.15, 0.2) is 121 Å². The molecule has 0 spiro atoms. The van der Waals surface area contributed by atoms with Crippen LogP contribution in [0, 0.1) is 0 Å². The van der Waals surface area contributed by atoms with E-state index in [1.165, 1.54) is 0 Å². The van der Waals surface area contributed by atoms with Gasteiger partial charge in [0, 0.05) is 13.0 Å². The molecule has 0 bridgehead atoms. The van der Waals surface area contributed by atoms with E-state index >= 15 is 0 Å². The van der Waals surface area contributed by atoms with E-state index in [0.29, 0.717) is 26.1 Å². The molecule has 4 aromatic carbocycles. The Morgan fingerprint density at radius 1 is 0.685 bits per heavy atom. The van der Waals surface area contributed by atoms with E-state index in [1.54, 1.807) is 30.3 Å². The van der Waals surface area contributed by atoms with E-state index < -0.39 is 66.4 Å². The summed E-state index contributed by atoms with van der Waals surface area (Å²) in [6, 6.07) is 37.8. The van der Waals surface area contributed by atoms with Crippen LogP contribution in [0.2, 0.25) is 0 Å². The average molecular weight is 739 g/mol. The van der Waals surface area contributed by atoms with Crippen molar-refractivity contribution in [2.45, 2.75) is 99.5 Å². The Bertz CT molecular complexity index is 1800. The standard InChI is InChI=1S/C43H46O11/c44-41(32-20-11-4-12-21-32)52-40-38-33(22-13-23-48-38)53-42(45)24-34-37(54-43(40,42)46)39(50-27-31-18-9-3-10-19-31)36(49-26-30-16-7-2-8-17-30)35(51-34)28-47-25-29-14-5-1-6-15-29/h1-12,14-21,33-40,45-46H,13,22-28H2/t33-,34-,35+,36+,37-,38-,39-,40+,42+,43-/m0/s1. The fourth-order valence-electron chi connectivity index (χ4n) is 7.93. The number of hydrogen-bond donors (Lipinski definition) is 2. The quantitative estimate of drug-likeness (QED) is 0.188. The molecule has 54 heavy (non-hydrogen) atoms. The first-order valence-electron chi connectivity index (χ1n) is 18.7. The fraction of sp³-hybridized carbons (Fsp3) is 0.419. The number of carbonyl (C=O) groups is 1. The highest BCUT2D eigenvalue weighted by atomic mass is 16.8. The van der Waals surface area contributed by atoms with Crippen molar-refractivity contribution in [2.24, 2.45) is 0 Å². The van der Waals surface area contributed by atoms with Crippen molar-refractivity contribution in [3.05, 3.63) is 144 Å². The highest BCUT2D eigenvalue weighted by Crippen LogP contribution is 2.51. The summed E-state index contributed by atoms with van der Waals surface area (Å²) in [7, 11) is 0. The second-order valence-electron chi connectivity index (χ2n) is 14.3. The predicted molar refractivity (Wildman–Crippen MR) is 194 cm³/mol. The summed E-state index contributed by atoms with van der Waals surface area (Å²) in [6.45, 7) is 1.27. The molecule has 4 aliphatic heterocycles. The van der Waals surface area contributed by atoms with E-state index in [0.717, 1.165) is 16.7 Å². The molecule has 8 rings (SSSR count). The van der Waals surface area contributed by atoms with Crippen LogP contribution in [0.1, 0.15) is 46.3 Å². The third kappa shape index (κ3) is 7.74. The van der Waals surface area contributed by atoms with E-state index in [2.05, 4.69) is 0 Å². The summed E-state index contributed by atoms with van der Waals surface area (Å²) in [5.74, 6) is -5.61. The van der Waals surface area contributed by atoms with Crippen molar-refractivity contribution in [2.75, 3.05) is 13.2 Å². The molecule has 4 saturated heterocycles. The molecule has 4 aliphatic rings. The molecule has 0 aromatic heterocycles. The molecule has 4 aromatic rings. The third-order valence-electron chi connectivity index (χ3n) is 10.6. The van der Waals surface area contributed by atoms with Gasteiger partial charge in [0.2, 0.25) is 5.79 Å². The first-order chi connectivity index (χ1) is 26.4. The number of rotatable bonds is 12. The maximum Gasteiger partial charge on any atom is 0.338 e. The average Bonchev–Trinajstić information content (AvgIpc) is 3.20. The van der Waals surface area contributed by atoms with Gasteiger partial charge in [-0.05, 0) is 41.7 Å². The van der Waals surface area contributed by atoms with Crippen LogP contribution >= 0.6 is 0 Å². The van der Waals surface area contributed by atoms with Gasteiger partial charge in [0.15, 0.2) is 6.10 Å². The number of aliphatic hydroxyl groups is 2. The van der Waals surface area contributed by atoms with Crippen molar-refractivity contribution >= 4 is 5.97 Å². The van der Waals surface area contributed by atoms with Gasteiger partial charge in [-0.25, -0.2) is 4.79 Å². The smallest absolute Gasteiger partial charge is 0.338 e. The molecule has 0 saturated carbocycles. The van der Waals surface area contributed by atoms with Gasteiger partial charge in [0.25, 0.3) is 5.79 Å². The van der Waals surface area contributed by atoms with Crippen molar-refractivity contribution in [3.8, 4) is 0 Å². The van der Waals surface area contributed by atoms with Crippen LogP contribution in [0.25, 0.3) is 0 Å². The first-order valence-corrected chi connectivity index (χ1v) is 18.7. The van der Waals surface area contributed by atoms with E-state index in [9.17, 15) is 15.0 Å². The van der Waals surface area contributed by atoms with Gasteiger partial charge >= 0.3 is 5.97 Å². The summed E-state index contributed by atoms with van der Waals surface area (Å²) in [6.07, 6.45) is -6.21. The van der Waals surface area contributed by atoms with Crippen LogP contribution in [0.5, 0.6) is 0 Å². The van der Waals surface area contributed by atoms with Crippen molar-refractivity contribution < 1.29 is 52.9 Å². The van der Waals surface area contributed by atoms with Gasteiger partial charge in [-0.3, -0.25) is 0 Å². The van der Waals surface area contributed by atoms with Crippen LogP contribution in [-0.4, -0.2) is 89.8 Å². The molecule has 11 nitrogen and oxygen atoms in total. The number of hydrogen-bond acceptors (Lipinski definition) is 11. The number of ether oxygens (including phenoxy) is 8. The van der Waals surface area contributed by atoms with Crippen LogP contribution in [-0.2, 0) is 57.7 Å². The maximum atomic E-state index is 13.6. The lowest BCUT2D eigenvalue weighted by Gasteiger charge is -2.61. The molecule has 10 atom stereocenters. The van der Waals surface area contributed by atoms with E-state index in [-0.39, 0.29) is 31.8 Å². The number of benzene rings is 4. The minimum Gasteiger partial charge on any atom is -0.450 e. The molecular weight excluding hydrogens is 692 g/mol. The fourth-order valence-corrected chi connectivity index (χ4v) is 7.93. The molecule has 4 heterocycles. The zero-order valence-corrected chi connectivity index (χ0v) is 29.9. The van der Waals surface area contributed by atoms with Crippen LogP contribution < -0.4 is 0 Å². The zero-order valence-electron chi connectivity index (χ0n) is 29.9. The van der Waals surface area contributed by atoms with Gasteiger partial charge in [-0.1, -0.05) is 109 Å². The predicted octanol–water partition coefficient (Wildman–Crippen LogP) is 5.11. The molecule has 0 radical (unpaired) electrons. The van der Waals surface area contributed by atoms with Gasteiger partial charge in [-0.15, -0.1) is 0 Å². The summed E-state index contributed by atoms with van der Waals surface area (Å²) in [4.78, 5) is 13.6. The molecule has 284 valence electrons. The second-order valence-corrected chi connectivity index (χ2v) is 14.3. The van der Waals surface area contributed by atoms with Gasteiger partial charge in [-0.2, -0.15) is 0 Å². The van der Waals surface area contributed by atoms with Crippen molar-refractivity contribution in [3.63, 3.8) is 0 Å². The number of carbonyl (C=O) groups excluding carboxylic acids is 1. The first kappa shape index (κ1) is 36.9. The van der Waals surface area contributed by atoms with Gasteiger partial charge in [0.1, 0.15) is 30.5 Å². The highest BCUT2D eigenvalue weighted by molar-refractivity contribution is 5.89. The van der Waals surface area contributed by atoms with Crippen LogP contribution in [0.3, 0.4) is 0 Å². The summed E-state index contributed by atoms with van der Waals surface area (Å²) < 4.78 is 51.5.